The fourth-order valence-electron chi connectivity index (χ4n) is 3.58. The Morgan fingerprint density at radius 1 is 1.41 bits per heavy atom. The van der Waals surface area contributed by atoms with E-state index in [1.807, 2.05) is 12.4 Å². The molecule has 1 aliphatic carbocycles. The Hall–Kier alpha value is -0.830. The summed E-state index contributed by atoms with van der Waals surface area (Å²) in [7, 11) is 0. The number of imidazole rings is 1. The normalized spacial score (nSPS) is 33.9. The Balaban J connectivity index is 2.11. The first-order valence-electron chi connectivity index (χ1n) is 6.81. The van der Waals surface area contributed by atoms with Gasteiger partial charge in [-0.05, 0) is 38.0 Å². The second-order valence-electron chi connectivity index (χ2n) is 6.02. The van der Waals surface area contributed by atoms with Crippen molar-refractivity contribution in [3.63, 3.8) is 0 Å². The number of nitrogens with two attached hydrogens (primary N) is 1. The highest BCUT2D eigenvalue weighted by Crippen LogP contribution is 2.36. The molecule has 0 radical (unpaired) electrons. The molecule has 3 heteroatoms. The monoisotopic (exact) mass is 235 g/mol. The third-order valence-electron chi connectivity index (χ3n) is 3.97. The molecule has 1 aromatic rings. The van der Waals surface area contributed by atoms with Crippen molar-refractivity contribution in [3.05, 3.63) is 18.2 Å². The summed E-state index contributed by atoms with van der Waals surface area (Å²) < 4.78 is 2.21. The van der Waals surface area contributed by atoms with Gasteiger partial charge in [0.1, 0.15) is 5.82 Å². The zero-order valence-electron chi connectivity index (χ0n) is 11.3. The lowest BCUT2D eigenvalue weighted by molar-refractivity contribution is 0.179. The molecule has 2 rings (SSSR count). The molecule has 0 aromatic carbocycles. The van der Waals surface area contributed by atoms with Crippen molar-refractivity contribution in [1.29, 1.82) is 0 Å². The van der Waals surface area contributed by atoms with Gasteiger partial charge in [0.25, 0.3) is 0 Å². The minimum atomic E-state index is -0.0463. The molecule has 1 aliphatic rings. The van der Waals surface area contributed by atoms with Crippen molar-refractivity contribution in [2.45, 2.75) is 58.5 Å². The van der Waals surface area contributed by atoms with Crippen LogP contribution in [0.5, 0.6) is 0 Å². The van der Waals surface area contributed by atoms with Gasteiger partial charge in [-0.1, -0.05) is 13.8 Å². The molecule has 17 heavy (non-hydrogen) atoms. The van der Waals surface area contributed by atoms with E-state index in [1.54, 1.807) is 0 Å². The predicted octanol–water partition coefficient (Wildman–Crippen LogP) is 2.60. The molecule has 1 fully saturated rings. The van der Waals surface area contributed by atoms with Gasteiger partial charge in [-0.25, -0.2) is 4.98 Å². The van der Waals surface area contributed by atoms with E-state index >= 15 is 0 Å². The molecule has 3 nitrogen and oxygen atoms in total. The van der Waals surface area contributed by atoms with Gasteiger partial charge in [0, 0.05) is 30.9 Å². The topological polar surface area (TPSA) is 43.8 Å². The first-order valence-corrected chi connectivity index (χ1v) is 6.81. The number of nitrogens with zero attached hydrogens (tertiary/aromatic N) is 2. The van der Waals surface area contributed by atoms with Crippen molar-refractivity contribution in [2.24, 2.45) is 17.6 Å². The maximum absolute atomic E-state index is 6.60. The van der Waals surface area contributed by atoms with Gasteiger partial charge in [-0.3, -0.25) is 0 Å². The quantitative estimate of drug-likeness (QED) is 0.875. The number of aryl methyl sites for hydroxylation is 1. The Kier molecular flexibility index (Phi) is 3.57. The Labute approximate surface area is 104 Å². The summed E-state index contributed by atoms with van der Waals surface area (Å²) in [5, 5.41) is 0. The first kappa shape index (κ1) is 12.6. The highest BCUT2D eigenvalue weighted by Gasteiger charge is 2.35. The summed E-state index contributed by atoms with van der Waals surface area (Å²) >= 11 is 0. The van der Waals surface area contributed by atoms with Crippen molar-refractivity contribution in [3.8, 4) is 0 Å². The molecule has 0 bridgehead atoms. The van der Waals surface area contributed by atoms with Gasteiger partial charge >= 0.3 is 0 Å². The highest BCUT2D eigenvalue weighted by molar-refractivity contribution is 5.03. The van der Waals surface area contributed by atoms with Crippen LogP contribution in [-0.2, 0) is 13.0 Å². The van der Waals surface area contributed by atoms with E-state index in [0.717, 1.165) is 43.5 Å². The van der Waals surface area contributed by atoms with Crippen LogP contribution in [0.2, 0.25) is 0 Å². The third kappa shape index (κ3) is 2.89. The lowest BCUT2D eigenvalue weighted by Gasteiger charge is -2.40. The minimum absolute atomic E-state index is 0.0463. The number of aromatic nitrogens is 2. The molecule has 0 spiro atoms. The molecule has 0 aliphatic heterocycles. The summed E-state index contributed by atoms with van der Waals surface area (Å²) in [4.78, 5) is 4.46. The number of hydrogen-bond acceptors (Lipinski definition) is 2. The minimum Gasteiger partial charge on any atom is -0.335 e. The molecule has 1 heterocycles. The van der Waals surface area contributed by atoms with E-state index < -0.39 is 0 Å². The van der Waals surface area contributed by atoms with Crippen LogP contribution in [0.4, 0.5) is 0 Å². The molecule has 0 saturated heterocycles. The predicted molar refractivity (Wildman–Crippen MR) is 70.7 cm³/mol. The Morgan fingerprint density at radius 2 is 2.06 bits per heavy atom. The van der Waals surface area contributed by atoms with E-state index in [1.165, 1.54) is 6.42 Å². The van der Waals surface area contributed by atoms with E-state index in [0.29, 0.717) is 0 Å². The molecule has 1 saturated carbocycles. The van der Waals surface area contributed by atoms with E-state index in [4.69, 9.17) is 5.73 Å². The van der Waals surface area contributed by atoms with Crippen LogP contribution >= 0.6 is 0 Å². The summed E-state index contributed by atoms with van der Waals surface area (Å²) in [6.07, 6.45) is 8.44. The molecule has 0 amide bonds. The SMILES string of the molecule is CCn1ccnc1CC1(N)CC(C)CC(C)C1. The molecule has 2 unspecified atom stereocenters. The summed E-state index contributed by atoms with van der Waals surface area (Å²) in [5.74, 6) is 2.64. The van der Waals surface area contributed by atoms with Gasteiger partial charge in [0.15, 0.2) is 0 Å². The van der Waals surface area contributed by atoms with Crippen molar-refractivity contribution in [2.75, 3.05) is 0 Å². The van der Waals surface area contributed by atoms with E-state index in [-0.39, 0.29) is 5.54 Å². The molecule has 1 aromatic heterocycles. The van der Waals surface area contributed by atoms with Crippen LogP contribution in [0, 0.1) is 11.8 Å². The maximum atomic E-state index is 6.60. The average molecular weight is 235 g/mol. The smallest absolute Gasteiger partial charge is 0.110 e. The Morgan fingerprint density at radius 3 is 2.65 bits per heavy atom. The van der Waals surface area contributed by atoms with Crippen LogP contribution in [0.3, 0.4) is 0 Å². The van der Waals surface area contributed by atoms with Crippen LogP contribution < -0.4 is 5.73 Å². The van der Waals surface area contributed by atoms with Crippen molar-refractivity contribution in [1.82, 2.24) is 9.55 Å². The van der Waals surface area contributed by atoms with Crippen LogP contribution in [-0.4, -0.2) is 15.1 Å². The van der Waals surface area contributed by atoms with Crippen LogP contribution in [0.15, 0.2) is 12.4 Å². The molecule has 96 valence electrons. The van der Waals surface area contributed by atoms with Crippen LogP contribution in [0.1, 0.15) is 45.9 Å². The standard InChI is InChI=1S/C14H25N3/c1-4-17-6-5-16-13(17)10-14(15)8-11(2)7-12(3)9-14/h5-6,11-12H,4,7-10,15H2,1-3H3. The zero-order chi connectivity index (χ0) is 12.5. The van der Waals surface area contributed by atoms with E-state index in [9.17, 15) is 0 Å². The fraction of sp³-hybridized carbons (Fsp3) is 0.786. The van der Waals surface area contributed by atoms with Crippen LogP contribution in [0.25, 0.3) is 0 Å². The molecule has 2 atom stereocenters. The Bertz CT molecular complexity index is 359. The largest absolute Gasteiger partial charge is 0.335 e. The molecule has 2 N–H and O–H groups in total. The maximum Gasteiger partial charge on any atom is 0.110 e. The fourth-order valence-corrected chi connectivity index (χ4v) is 3.58. The molecular weight excluding hydrogens is 210 g/mol. The van der Waals surface area contributed by atoms with E-state index in [2.05, 4.69) is 30.3 Å². The third-order valence-corrected chi connectivity index (χ3v) is 3.97. The van der Waals surface area contributed by atoms with Gasteiger partial charge in [0.2, 0.25) is 0 Å². The zero-order valence-corrected chi connectivity index (χ0v) is 11.3. The van der Waals surface area contributed by atoms with Crippen molar-refractivity contribution < 1.29 is 0 Å². The first-order chi connectivity index (χ1) is 8.02. The molecular formula is C14H25N3. The second kappa shape index (κ2) is 4.81. The van der Waals surface area contributed by atoms with Gasteiger partial charge < -0.3 is 10.3 Å². The average Bonchev–Trinajstić information content (AvgIpc) is 2.61. The van der Waals surface area contributed by atoms with Gasteiger partial charge in [-0.15, -0.1) is 0 Å². The lowest BCUT2D eigenvalue weighted by Crippen LogP contribution is -2.48. The van der Waals surface area contributed by atoms with Crippen molar-refractivity contribution >= 4 is 0 Å². The lowest BCUT2D eigenvalue weighted by atomic mass is 9.70. The summed E-state index contributed by atoms with van der Waals surface area (Å²) in [6.45, 7) is 7.78. The summed E-state index contributed by atoms with van der Waals surface area (Å²) in [6, 6.07) is 0. The summed E-state index contributed by atoms with van der Waals surface area (Å²) in [5.41, 5.74) is 6.56. The van der Waals surface area contributed by atoms with Gasteiger partial charge in [-0.2, -0.15) is 0 Å². The highest BCUT2D eigenvalue weighted by atomic mass is 15.1. The second-order valence-corrected chi connectivity index (χ2v) is 6.02. The number of hydrogen-bond donors (Lipinski definition) is 1. The van der Waals surface area contributed by atoms with Gasteiger partial charge in [0.05, 0.1) is 0 Å². The number of rotatable bonds is 3.